The summed E-state index contributed by atoms with van der Waals surface area (Å²) in [5.74, 6) is -2.80. The molecule has 2 N–H and O–H groups in total. The molecule has 0 aliphatic carbocycles. The first-order valence-corrected chi connectivity index (χ1v) is 5.22. The van der Waals surface area contributed by atoms with Crippen LogP contribution in [0.15, 0.2) is 25.3 Å². The van der Waals surface area contributed by atoms with Gasteiger partial charge in [0.05, 0.1) is 0 Å². The van der Waals surface area contributed by atoms with Crippen LogP contribution in [0.1, 0.15) is 0 Å². The van der Waals surface area contributed by atoms with Crippen molar-refractivity contribution in [1.29, 1.82) is 0 Å². The van der Waals surface area contributed by atoms with Crippen molar-refractivity contribution in [2.75, 3.05) is 0 Å². The van der Waals surface area contributed by atoms with Gasteiger partial charge >= 0.3 is 20.2 Å². The van der Waals surface area contributed by atoms with Gasteiger partial charge in [0.1, 0.15) is 0 Å². The fraction of sp³-hybridized carbons (Fsp3) is 0.250. The maximum absolute atomic E-state index is 11.1. The molecular weight excluding hydrogens is 239 g/mol. The first-order chi connectivity index (χ1) is 7.42. The Bertz CT molecular complexity index is 294. The fourth-order valence-electron chi connectivity index (χ4n) is 0.634. The third-order valence-corrected chi connectivity index (χ3v) is 2.25. The number of carboxylic acid groups (broad SMARTS) is 2. The van der Waals surface area contributed by atoms with E-state index in [1.807, 2.05) is 0 Å². The Balaban J connectivity index is 4.36. The summed E-state index contributed by atoms with van der Waals surface area (Å²) in [4.78, 5) is 20.9. The predicted octanol–water partition coefficient (Wildman–Crippen LogP) is 0.688. The zero-order chi connectivity index (χ0) is 12.7. The number of hydrogen-bond acceptors (Lipinski definition) is 5. The van der Waals surface area contributed by atoms with E-state index in [0.717, 1.165) is 12.2 Å². The molecule has 0 aromatic carbocycles. The second-order valence-corrected chi connectivity index (χ2v) is 3.45. The highest BCUT2D eigenvalue weighted by molar-refractivity contribution is 7.33. The topological polar surface area (TPSA) is 110 Å². The lowest BCUT2D eigenvalue weighted by atomic mass is 10.4. The number of carbonyl (C=O) groups is 2. The van der Waals surface area contributed by atoms with Crippen LogP contribution in [0.25, 0.3) is 0 Å². The van der Waals surface area contributed by atoms with Crippen molar-refractivity contribution in [2.24, 2.45) is 0 Å². The molecular formula is C8H11O7P. The van der Waals surface area contributed by atoms with Gasteiger partial charge in [-0.25, -0.2) is 9.59 Å². The Hall–Kier alpha value is -1.43. The third-order valence-electron chi connectivity index (χ3n) is 1.36. The zero-order valence-corrected chi connectivity index (χ0v) is 9.16. The van der Waals surface area contributed by atoms with Crippen LogP contribution in [-0.4, -0.2) is 34.4 Å². The van der Waals surface area contributed by atoms with Gasteiger partial charge in [0, 0.05) is 0 Å². The summed E-state index contributed by atoms with van der Waals surface area (Å²) < 4.78 is 20.0. The number of rotatable bonds is 8. The van der Waals surface area contributed by atoms with E-state index >= 15 is 0 Å². The minimum atomic E-state index is -3.25. The minimum Gasteiger partial charge on any atom is -0.479 e. The molecule has 90 valence electrons. The van der Waals surface area contributed by atoms with E-state index in [2.05, 4.69) is 22.2 Å². The van der Waals surface area contributed by atoms with E-state index in [9.17, 15) is 14.2 Å². The molecule has 2 unspecified atom stereocenters. The average Bonchev–Trinajstić information content (AvgIpc) is 2.21. The van der Waals surface area contributed by atoms with Crippen LogP contribution in [-0.2, 0) is 23.2 Å². The molecule has 7 nitrogen and oxygen atoms in total. The van der Waals surface area contributed by atoms with E-state index in [1.165, 1.54) is 0 Å². The summed E-state index contributed by atoms with van der Waals surface area (Å²) in [6.45, 7) is 6.30. The highest BCUT2D eigenvalue weighted by Gasteiger charge is 2.22. The van der Waals surface area contributed by atoms with E-state index in [0.29, 0.717) is 0 Å². The van der Waals surface area contributed by atoms with E-state index in [-0.39, 0.29) is 0 Å². The van der Waals surface area contributed by atoms with Crippen molar-refractivity contribution in [3.8, 4) is 0 Å². The molecule has 0 saturated carbocycles. The fourth-order valence-corrected chi connectivity index (χ4v) is 1.50. The van der Waals surface area contributed by atoms with Crippen LogP contribution in [0.2, 0.25) is 0 Å². The molecule has 0 bridgehead atoms. The van der Waals surface area contributed by atoms with Crippen LogP contribution in [0.3, 0.4) is 0 Å². The molecule has 0 aliphatic rings. The Labute approximate surface area is 91.9 Å². The van der Waals surface area contributed by atoms with Gasteiger partial charge in [0.15, 0.2) is 12.2 Å². The zero-order valence-electron chi connectivity index (χ0n) is 8.16. The van der Waals surface area contributed by atoms with Gasteiger partial charge in [-0.1, -0.05) is 25.3 Å². The molecule has 0 radical (unpaired) electrons. The van der Waals surface area contributed by atoms with E-state index in [1.54, 1.807) is 0 Å². The highest BCUT2D eigenvalue weighted by Crippen LogP contribution is 2.28. The number of carboxylic acids is 2. The van der Waals surface area contributed by atoms with Crippen molar-refractivity contribution < 1.29 is 33.4 Å². The van der Waals surface area contributed by atoms with Crippen LogP contribution in [0.5, 0.6) is 0 Å². The molecule has 0 rings (SSSR count). The molecule has 16 heavy (non-hydrogen) atoms. The Morgan fingerprint density at radius 1 is 1.06 bits per heavy atom. The lowest BCUT2D eigenvalue weighted by molar-refractivity contribution is -0.144. The summed E-state index contributed by atoms with van der Waals surface area (Å²) in [6, 6.07) is 0. The Morgan fingerprint density at radius 2 is 1.38 bits per heavy atom. The van der Waals surface area contributed by atoms with E-state index < -0.39 is 32.4 Å². The van der Waals surface area contributed by atoms with Crippen LogP contribution in [0.4, 0.5) is 0 Å². The highest BCUT2D eigenvalue weighted by atomic mass is 31.1. The second-order valence-electron chi connectivity index (χ2n) is 2.47. The lowest BCUT2D eigenvalue weighted by Crippen LogP contribution is -2.21. The molecule has 8 heteroatoms. The monoisotopic (exact) mass is 250 g/mol. The molecule has 0 aliphatic heterocycles. The van der Waals surface area contributed by atoms with Crippen molar-refractivity contribution >= 4 is 20.2 Å². The average molecular weight is 250 g/mol. The molecule has 0 spiro atoms. The van der Waals surface area contributed by atoms with Crippen LogP contribution < -0.4 is 0 Å². The van der Waals surface area contributed by atoms with Gasteiger partial charge in [-0.2, -0.15) is 0 Å². The quantitative estimate of drug-likeness (QED) is 0.481. The molecule has 0 fully saturated rings. The summed E-state index contributed by atoms with van der Waals surface area (Å²) in [6.07, 6.45) is -1.22. The first-order valence-electron chi connectivity index (χ1n) is 4.00. The molecule has 0 saturated heterocycles. The van der Waals surface area contributed by atoms with Gasteiger partial charge in [0.25, 0.3) is 0 Å². The molecule has 2 atom stereocenters. The smallest absolute Gasteiger partial charge is 0.337 e. The lowest BCUT2D eigenvalue weighted by Gasteiger charge is -2.11. The van der Waals surface area contributed by atoms with Gasteiger partial charge in [-0.05, 0) is 0 Å². The predicted molar refractivity (Wildman–Crippen MR) is 54.4 cm³/mol. The normalized spacial score (nSPS) is 15.8. The first kappa shape index (κ1) is 14.6. The second kappa shape index (κ2) is 6.95. The van der Waals surface area contributed by atoms with Crippen molar-refractivity contribution in [1.82, 2.24) is 0 Å². The van der Waals surface area contributed by atoms with Gasteiger partial charge in [-0.3, -0.25) is 13.6 Å². The standard InChI is InChI=1S/C8H11O7P/c1-3-5(7(9)10)14-16(13)15-6(4-2)8(11)12/h3-6,16H,1-2H2,(H,9,10)(H,11,12). The maximum atomic E-state index is 11.1. The minimum absolute atomic E-state index is 0.901. The van der Waals surface area contributed by atoms with E-state index in [4.69, 9.17) is 10.2 Å². The SMILES string of the molecule is C=CC(O[PH](=O)OC(C=C)C(=O)O)C(=O)O. The molecule has 0 aromatic rings. The largest absolute Gasteiger partial charge is 0.479 e. The van der Waals surface area contributed by atoms with Gasteiger partial charge in [-0.15, -0.1) is 0 Å². The van der Waals surface area contributed by atoms with Gasteiger partial charge < -0.3 is 10.2 Å². The molecule has 0 heterocycles. The van der Waals surface area contributed by atoms with Crippen molar-refractivity contribution in [3.05, 3.63) is 25.3 Å². The summed E-state index contributed by atoms with van der Waals surface area (Å²) >= 11 is 0. The summed E-state index contributed by atoms with van der Waals surface area (Å²) in [7, 11) is -3.25. The van der Waals surface area contributed by atoms with Crippen LogP contribution in [0, 0.1) is 0 Å². The van der Waals surface area contributed by atoms with Crippen molar-refractivity contribution in [2.45, 2.75) is 12.2 Å². The maximum Gasteiger partial charge on any atom is 0.337 e. The summed E-state index contributed by atoms with van der Waals surface area (Å²) in [5.41, 5.74) is 0. The Morgan fingerprint density at radius 3 is 1.56 bits per heavy atom. The van der Waals surface area contributed by atoms with Crippen LogP contribution >= 0.6 is 8.25 Å². The Kier molecular flexibility index (Phi) is 6.32. The van der Waals surface area contributed by atoms with Crippen molar-refractivity contribution in [3.63, 3.8) is 0 Å². The summed E-state index contributed by atoms with van der Waals surface area (Å²) in [5, 5.41) is 17.0. The third kappa shape index (κ3) is 4.88. The number of aliphatic carboxylic acids is 2. The number of hydrogen-bond donors (Lipinski definition) is 2. The molecule has 0 amide bonds. The van der Waals surface area contributed by atoms with Gasteiger partial charge in [0.2, 0.25) is 0 Å². The molecule has 0 aromatic heterocycles.